The molecule has 0 unspecified atom stereocenters. The van der Waals surface area contributed by atoms with Gasteiger partial charge in [0.2, 0.25) is 0 Å². The molecule has 36 heavy (non-hydrogen) atoms. The third kappa shape index (κ3) is 4.40. The molecule has 0 aliphatic heterocycles. The average molecular weight is 482 g/mol. The number of hydrogen-bond acceptors (Lipinski definition) is 6. The summed E-state index contributed by atoms with van der Waals surface area (Å²) in [6, 6.07) is 23.2. The normalized spacial score (nSPS) is 11.1. The zero-order valence-corrected chi connectivity index (χ0v) is 20.2. The van der Waals surface area contributed by atoms with Crippen LogP contribution >= 0.6 is 0 Å². The van der Waals surface area contributed by atoms with E-state index in [0.717, 1.165) is 16.6 Å². The first-order valence-corrected chi connectivity index (χ1v) is 11.7. The highest BCUT2D eigenvalue weighted by Gasteiger charge is 2.24. The van der Waals surface area contributed by atoms with E-state index in [9.17, 15) is 4.79 Å². The monoisotopic (exact) mass is 481 g/mol. The van der Waals surface area contributed by atoms with Gasteiger partial charge >= 0.3 is 0 Å². The predicted molar refractivity (Wildman–Crippen MR) is 141 cm³/mol. The molecule has 2 heterocycles. The van der Waals surface area contributed by atoms with E-state index in [2.05, 4.69) is 5.32 Å². The van der Waals surface area contributed by atoms with E-state index < -0.39 is 0 Å². The van der Waals surface area contributed by atoms with Gasteiger partial charge in [0.15, 0.2) is 17.1 Å². The minimum atomic E-state index is -0.283. The molecule has 8 heteroatoms. The second-order valence-corrected chi connectivity index (χ2v) is 8.41. The molecule has 3 aromatic carbocycles. The van der Waals surface area contributed by atoms with E-state index in [0.29, 0.717) is 59.1 Å². The molecular weight excluding hydrogens is 454 g/mol. The van der Waals surface area contributed by atoms with E-state index in [1.54, 1.807) is 14.2 Å². The summed E-state index contributed by atoms with van der Waals surface area (Å²) in [5.41, 5.74) is 11.5. The van der Waals surface area contributed by atoms with Crippen LogP contribution < -0.4 is 20.5 Å². The first kappa shape index (κ1) is 23.2. The van der Waals surface area contributed by atoms with Crippen LogP contribution in [0.2, 0.25) is 0 Å². The minimum Gasteiger partial charge on any atom is -0.493 e. The number of nitrogens with two attached hydrogens (primary N) is 1. The van der Waals surface area contributed by atoms with Gasteiger partial charge in [0.1, 0.15) is 16.9 Å². The maximum atomic E-state index is 13.4. The number of methoxy groups -OCH3 is 2. The Hall–Kier alpha value is -4.59. The van der Waals surface area contributed by atoms with Crippen molar-refractivity contribution in [2.24, 2.45) is 0 Å². The third-order valence-corrected chi connectivity index (χ3v) is 6.15. The first-order chi connectivity index (χ1) is 17.6. The fourth-order valence-electron chi connectivity index (χ4n) is 4.31. The maximum absolute atomic E-state index is 13.4. The summed E-state index contributed by atoms with van der Waals surface area (Å²) in [4.78, 5) is 23.0. The van der Waals surface area contributed by atoms with Gasteiger partial charge in [0, 0.05) is 6.54 Å². The molecule has 0 radical (unpaired) electrons. The van der Waals surface area contributed by atoms with Crippen LogP contribution in [-0.4, -0.2) is 41.2 Å². The quantitative estimate of drug-likeness (QED) is 0.344. The van der Waals surface area contributed by atoms with E-state index >= 15 is 0 Å². The van der Waals surface area contributed by atoms with E-state index in [1.165, 1.54) is 0 Å². The van der Waals surface area contributed by atoms with Gasteiger partial charge in [-0.3, -0.25) is 4.79 Å². The number of anilines is 1. The van der Waals surface area contributed by atoms with Crippen LogP contribution in [0.5, 0.6) is 11.5 Å². The van der Waals surface area contributed by atoms with Crippen LogP contribution in [0.4, 0.5) is 5.82 Å². The zero-order chi connectivity index (χ0) is 25.1. The second-order valence-electron chi connectivity index (χ2n) is 8.41. The van der Waals surface area contributed by atoms with Crippen molar-refractivity contribution in [3.05, 3.63) is 89.5 Å². The van der Waals surface area contributed by atoms with Gasteiger partial charge in [-0.05, 0) is 41.8 Å². The lowest BCUT2D eigenvalue weighted by Crippen LogP contribution is -2.26. The zero-order valence-electron chi connectivity index (χ0n) is 20.2. The number of rotatable bonds is 8. The highest BCUT2D eigenvalue weighted by Crippen LogP contribution is 2.29. The van der Waals surface area contributed by atoms with Gasteiger partial charge in [-0.25, -0.2) is 9.97 Å². The van der Waals surface area contributed by atoms with Crippen LogP contribution in [0, 0.1) is 0 Å². The Morgan fingerprint density at radius 1 is 0.889 bits per heavy atom. The molecule has 0 aliphatic rings. The van der Waals surface area contributed by atoms with Gasteiger partial charge in [-0.2, -0.15) is 0 Å². The molecule has 0 fully saturated rings. The minimum absolute atomic E-state index is 0.283. The third-order valence-electron chi connectivity index (χ3n) is 6.15. The molecule has 0 saturated carbocycles. The molecule has 0 bridgehead atoms. The fourth-order valence-corrected chi connectivity index (χ4v) is 4.31. The number of carbonyl (C=O) groups excluding carboxylic acids is 1. The Balaban J connectivity index is 1.46. The van der Waals surface area contributed by atoms with Crippen molar-refractivity contribution in [3.63, 3.8) is 0 Å². The van der Waals surface area contributed by atoms with Crippen LogP contribution in [0.25, 0.3) is 22.2 Å². The van der Waals surface area contributed by atoms with Crippen molar-refractivity contribution in [2.45, 2.75) is 13.0 Å². The summed E-state index contributed by atoms with van der Waals surface area (Å²) in [5, 5.41) is 3.00. The summed E-state index contributed by atoms with van der Waals surface area (Å²) in [6.07, 6.45) is 0.614. The number of carbonyl (C=O) groups is 1. The van der Waals surface area contributed by atoms with E-state index in [4.69, 9.17) is 25.2 Å². The number of hydrogen-bond donors (Lipinski definition) is 2. The number of benzene rings is 3. The SMILES string of the molecule is COc1ccc(CCNC(=O)c2c(N)n(Cc3ccccc3)c3nc4ccccc4nc23)cc1OC. The number of nitrogens with one attached hydrogen (secondary N) is 1. The maximum Gasteiger partial charge on any atom is 0.257 e. The molecular formula is C28H27N5O3. The molecule has 1 amide bonds. The molecule has 0 aliphatic carbocycles. The standard InChI is InChI=1S/C28H27N5O3/c1-35-22-13-12-18(16-23(22)36-2)14-15-30-28(34)24-25-27(32-21-11-7-6-10-20(21)31-25)33(26(24)29)17-19-8-4-3-5-9-19/h3-13,16H,14-15,17,29H2,1-2H3,(H,30,34). The lowest BCUT2D eigenvalue weighted by Gasteiger charge is -2.10. The van der Waals surface area contributed by atoms with E-state index in [1.807, 2.05) is 77.4 Å². The van der Waals surface area contributed by atoms with Crippen LogP contribution in [-0.2, 0) is 13.0 Å². The van der Waals surface area contributed by atoms with Gasteiger partial charge < -0.3 is 25.1 Å². The number of fused-ring (bicyclic) bond motifs is 2. The molecule has 2 aromatic heterocycles. The van der Waals surface area contributed by atoms with Crippen molar-refractivity contribution >= 4 is 33.9 Å². The largest absolute Gasteiger partial charge is 0.493 e. The number of nitrogen functional groups attached to an aromatic ring is 1. The molecule has 0 saturated heterocycles. The molecule has 3 N–H and O–H groups in total. The summed E-state index contributed by atoms with van der Waals surface area (Å²) in [7, 11) is 3.20. The van der Waals surface area contributed by atoms with Gasteiger partial charge in [-0.15, -0.1) is 0 Å². The Labute approximate surface area is 208 Å². The van der Waals surface area contributed by atoms with Crippen molar-refractivity contribution < 1.29 is 14.3 Å². The highest BCUT2D eigenvalue weighted by atomic mass is 16.5. The summed E-state index contributed by atoms with van der Waals surface area (Å²) < 4.78 is 12.5. The van der Waals surface area contributed by atoms with Crippen LogP contribution in [0.1, 0.15) is 21.5 Å². The average Bonchev–Trinajstić information content (AvgIpc) is 3.17. The highest BCUT2D eigenvalue weighted by molar-refractivity contribution is 6.10. The lowest BCUT2D eigenvalue weighted by atomic mass is 10.1. The Morgan fingerprint density at radius 3 is 2.31 bits per heavy atom. The Bertz CT molecular complexity index is 1550. The predicted octanol–water partition coefficient (Wildman–Crippen LogP) is 4.20. The summed E-state index contributed by atoms with van der Waals surface area (Å²) in [6.45, 7) is 0.898. The van der Waals surface area contributed by atoms with E-state index in [-0.39, 0.29) is 5.91 Å². The summed E-state index contributed by atoms with van der Waals surface area (Å²) in [5.74, 6) is 1.37. The van der Waals surface area contributed by atoms with Gasteiger partial charge in [0.05, 0.1) is 31.8 Å². The topological polar surface area (TPSA) is 104 Å². The number of para-hydroxylation sites is 2. The van der Waals surface area contributed by atoms with Crippen molar-refractivity contribution in [2.75, 3.05) is 26.5 Å². The molecule has 182 valence electrons. The molecule has 5 rings (SSSR count). The Morgan fingerprint density at radius 2 is 1.58 bits per heavy atom. The fraction of sp³-hybridized carbons (Fsp3) is 0.179. The molecule has 0 spiro atoms. The number of aromatic nitrogens is 3. The second kappa shape index (κ2) is 9.95. The first-order valence-electron chi connectivity index (χ1n) is 11.7. The molecule has 5 aromatic rings. The Kier molecular flexibility index (Phi) is 6.40. The van der Waals surface area contributed by atoms with Crippen molar-refractivity contribution in [1.29, 1.82) is 0 Å². The van der Waals surface area contributed by atoms with Crippen molar-refractivity contribution in [1.82, 2.24) is 19.9 Å². The molecule has 0 atom stereocenters. The van der Waals surface area contributed by atoms with Crippen molar-refractivity contribution in [3.8, 4) is 11.5 Å². The summed E-state index contributed by atoms with van der Waals surface area (Å²) >= 11 is 0. The number of amides is 1. The lowest BCUT2D eigenvalue weighted by molar-refractivity contribution is 0.0956. The van der Waals surface area contributed by atoms with Crippen LogP contribution in [0.3, 0.4) is 0 Å². The smallest absolute Gasteiger partial charge is 0.257 e. The van der Waals surface area contributed by atoms with Crippen LogP contribution in [0.15, 0.2) is 72.8 Å². The number of ether oxygens (including phenoxy) is 2. The molecule has 8 nitrogen and oxygen atoms in total. The van der Waals surface area contributed by atoms with Gasteiger partial charge in [0.25, 0.3) is 5.91 Å². The van der Waals surface area contributed by atoms with Gasteiger partial charge in [-0.1, -0.05) is 48.5 Å². The number of nitrogens with zero attached hydrogens (tertiary/aromatic N) is 3.